The van der Waals surface area contributed by atoms with E-state index in [1.807, 2.05) is 4.90 Å². The summed E-state index contributed by atoms with van der Waals surface area (Å²) in [4.78, 5) is 14.5. The third-order valence-corrected chi connectivity index (χ3v) is 8.70. The maximum atomic E-state index is 14.3. The van der Waals surface area contributed by atoms with Crippen LogP contribution in [0.2, 0.25) is 5.02 Å². The highest BCUT2D eigenvalue weighted by atomic mass is 35.5. The van der Waals surface area contributed by atoms with Crippen molar-refractivity contribution in [2.24, 2.45) is 0 Å². The van der Waals surface area contributed by atoms with E-state index in [0.717, 1.165) is 12.1 Å². The van der Waals surface area contributed by atoms with E-state index < -0.39 is 22.1 Å². The Kier molecular flexibility index (Phi) is 10.5. The first-order chi connectivity index (χ1) is 18.1. The average molecular weight is 591 g/mol. The fourth-order valence-corrected chi connectivity index (χ4v) is 6.37. The molecule has 0 aliphatic carbocycles. The van der Waals surface area contributed by atoms with E-state index in [0.29, 0.717) is 37.4 Å². The van der Waals surface area contributed by atoms with Gasteiger partial charge in [-0.1, -0.05) is 17.7 Å². The smallest absolute Gasteiger partial charge is 0.290 e. The fraction of sp³-hybridized carbons (Fsp3) is 0.360. The van der Waals surface area contributed by atoms with E-state index >= 15 is 0 Å². The molecule has 1 aromatic heterocycles. The van der Waals surface area contributed by atoms with E-state index in [4.69, 9.17) is 26.2 Å². The van der Waals surface area contributed by atoms with Crippen molar-refractivity contribution >= 4 is 39.2 Å². The van der Waals surface area contributed by atoms with Gasteiger partial charge < -0.3 is 9.84 Å². The predicted molar refractivity (Wildman–Crippen MR) is 138 cm³/mol. The zero-order chi connectivity index (χ0) is 27.9. The molecule has 0 spiro atoms. The van der Waals surface area contributed by atoms with E-state index in [2.05, 4.69) is 4.98 Å². The van der Waals surface area contributed by atoms with Crippen molar-refractivity contribution in [2.75, 3.05) is 13.1 Å². The maximum absolute atomic E-state index is 14.3. The first-order valence-corrected chi connectivity index (χ1v) is 14.5. The Hall–Kier alpha value is -2.67. The summed E-state index contributed by atoms with van der Waals surface area (Å²) in [6, 6.07) is 7.48. The van der Waals surface area contributed by atoms with Crippen LogP contribution >= 0.6 is 22.9 Å². The lowest BCUT2D eigenvalue weighted by Crippen LogP contribution is -2.39. The zero-order valence-corrected chi connectivity index (χ0v) is 22.7. The number of benzene rings is 2. The molecular formula is C25H26ClF3N2O5S2. The molecule has 2 aromatic carbocycles. The number of carbonyl (C=O) groups is 1. The Bertz CT molecular complexity index is 1320. The quantitative estimate of drug-likeness (QED) is 0.314. The molecule has 4 rings (SSSR count). The van der Waals surface area contributed by atoms with Gasteiger partial charge in [-0.3, -0.25) is 9.69 Å². The summed E-state index contributed by atoms with van der Waals surface area (Å²) >= 11 is 7.67. The van der Waals surface area contributed by atoms with E-state index in [1.54, 1.807) is 23.9 Å². The van der Waals surface area contributed by atoms with Crippen LogP contribution in [0, 0.1) is 5.82 Å². The number of alkyl halides is 2. The lowest BCUT2D eigenvalue weighted by atomic mass is 9.99. The second-order valence-corrected chi connectivity index (χ2v) is 11.7. The van der Waals surface area contributed by atoms with Gasteiger partial charge in [0, 0.05) is 35.6 Å². The number of hydrogen-bond acceptors (Lipinski definition) is 7. The molecule has 0 unspecified atom stereocenters. The first kappa shape index (κ1) is 29.9. The minimum atomic E-state index is -3.59. The Morgan fingerprint density at radius 1 is 1.24 bits per heavy atom. The molecule has 0 radical (unpaired) electrons. The molecule has 1 atom stereocenters. The standard InChI is InChI=1S/C24H24ClF3N2O3S2.CH2O2/c1-15(20-10-16(24(27)28)2-4-22(20)26)30-8-6-18(7-9-30)33-23-5-3-19(11-21(23)25)35(31,32)13-17-12-34-14-29-17;2-1-3/h2-5,10-12,14-15,18,24H,6-9,13H2,1H3;1H,(H,2,3)/t15-;/m1./s1. The molecular weight excluding hydrogens is 565 g/mol. The Morgan fingerprint density at radius 3 is 2.50 bits per heavy atom. The number of sulfone groups is 1. The van der Waals surface area contributed by atoms with Gasteiger partial charge in [0.15, 0.2) is 9.84 Å². The largest absolute Gasteiger partial charge is 0.489 e. The molecule has 1 N–H and O–H groups in total. The van der Waals surface area contributed by atoms with Crippen molar-refractivity contribution in [2.45, 2.75) is 49.0 Å². The van der Waals surface area contributed by atoms with Crippen molar-refractivity contribution in [3.05, 3.63) is 74.9 Å². The molecule has 2 heterocycles. The molecule has 0 amide bonds. The summed E-state index contributed by atoms with van der Waals surface area (Å²) in [6.07, 6.45) is -1.56. The zero-order valence-electron chi connectivity index (χ0n) is 20.3. The van der Waals surface area contributed by atoms with Crippen molar-refractivity contribution in [3.63, 3.8) is 0 Å². The highest BCUT2D eigenvalue weighted by molar-refractivity contribution is 7.90. The first-order valence-electron chi connectivity index (χ1n) is 11.5. The topological polar surface area (TPSA) is 96.8 Å². The second kappa shape index (κ2) is 13.4. The summed E-state index contributed by atoms with van der Waals surface area (Å²) in [7, 11) is -3.59. The molecule has 206 valence electrons. The monoisotopic (exact) mass is 590 g/mol. The van der Waals surface area contributed by atoms with Crippen LogP contribution in [0.1, 0.15) is 49.1 Å². The Balaban J connectivity index is 0.00000127. The highest BCUT2D eigenvalue weighted by Gasteiger charge is 2.27. The molecule has 1 saturated heterocycles. The van der Waals surface area contributed by atoms with Crippen molar-refractivity contribution in [3.8, 4) is 5.75 Å². The number of carboxylic acid groups (broad SMARTS) is 1. The molecule has 1 fully saturated rings. The SMILES string of the molecule is C[C@H](c1cc(C(F)F)ccc1F)N1CCC(Oc2ccc(S(=O)(=O)Cc3cscn3)cc2Cl)CC1.O=CO. The van der Waals surface area contributed by atoms with E-state index in [1.165, 1.54) is 29.5 Å². The second-order valence-electron chi connectivity index (χ2n) is 8.55. The van der Waals surface area contributed by atoms with Gasteiger partial charge in [0.2, 0.25) is 0 Å². The highest BCUT2D eigenvalue weighted by Crippen LogP contribution is 2.33. The number of piperidine rings is 1. The van der Waals surface area contributed by atoms with Crippen LogP contribution in [0.5, 0.6) is 5.75 Å². The summed E-state index contributed by atoms with van der Waals surface area (Å²) in [5, 5.41) is 8.78. The molecule has 3 aromatic rings. The molecule has 7 nitrogen and oxygen atoms in total. The van der Waals surface area contributed by atoms with Crippen LogP contribution in [0.25, 0.3) is 0 Å². The van der Waals surface area contributed by atoms with Crippen molar-refractivity contribution in [1.29, 1.82) is 0 Å². The van der Waals surface area contributed by atoms with Gasteiger partial charge in [-0.2, -0.15) is 0 Å². The number of likely N-dealkylation sites (tertiary alicyclic amines) is 1. The summed E-state index contributed by atoms with van der Waals surface area (Å²) < 4.78 is 71.7. The number of hydrogen-bond donors (Lipinski definition) is 1. The van der Waals surface area contributed by atoms with Crippen LogP contribution < -0.4 is 4.74 Å². The van der Waals surface area contributed by atoms with Gasteiger partial charge in [0.25, 0.3) is 12.9 Å². The van der Waals surface area contributed by atoms with Gasteiger partial charge in [-0.05, 0) is 50.1 Å². The van der Waals surface area contributed by atoms with Gasteiger partial charge in [0.05, 0.1) is 26.9 Å². The van der Waals surface area contributed by atoms with E-state index in [-0.39, 0.29) is 45.4 Å². The number of aromatic nitrogens is 1. The molecule has 0 bridgehead atoms. The number of nitrogens with zero attached hydrogens (tertiary/aromatic N) is 2. The predicted octanol–water partition coefficient (Wildman–Crippen LogP) is 6.15. The van der Waals surface area contributed by atoms with Crippen LogP contribution in [0.4, 0.5) is 13.2 Å². The summed E-state index contributed by atoms with van der Waals surface area (Å²) in [6.45, 7) is 2.72. The van der Waals surface area contributed by atoms with Crippen molar-refractivity contribution < 1.29 is 36.2 Å². The minimum absolute atomic E-state index is 0.0968. The summed E-state index contributed by atoms with van der Waals surface area (Å²) in [5.74, 6) is -0.317. The Labute approximate surface area is 227 Å². The van der Waals surface area contributed by atoms with Crippen LogP contribution in [-0.2, 0) is 20.4 Å². The maximum Gasteiger partial charge on any atom is 0.290 e. The van der Waals surface area contributed by atoms with Crippen LogP contribution in [0.15, 0.2) is 52.2 Å². The Morgan fingerprint density at radius 2 is 1.92 bits per heavy atom. The van der Waals surface area contributed by atoms with Gasteiger partial charge in [-0.15, -0.1) is 11.3 Å². The van der Waals surface area contributed by atoms with E-state index in [9.17, 15) is 21.6 Å². The lowest BCUT2D eigenvalue weighted by Gasteiger charge is -2.36. The molecule has 38 heavy (non-hydrogen) atoms. The minimum Gasteiger partial charge on any atom is -0.489 e. The number of rotatable bonds is 8. The number of halogens is 4. The van der Waals surface area contributed by atoms with Gasteiger partial charge in [0.1, 0.15) is 17.7 Å². The third kappa shape index (κ3) is 7.68. The molecule has 13 heteroatoms. The number of ether oxygens (including phenoxy) is 1. The normalized spacial score (nSPS) is 15.5. The van der Waals surface area contributed by atoms with Gasteiger partial charge >= 0.3 is 0 Å². The average Bonchev–Trinajstić information content (AvgIpc) is 3.38. The third-order valence-electron chi connectivity index (χ3n) is 6.12. The van der Waals surface area contributed by atoms with Crippen LogP contribution in [0.3, 0.4) is 0 Å². The van der Waals surface area contributed by atoms with Crippen molar-refractivity contribution in [1.82, 2.24) is 9.88 Å². The number of thiazole rings is 1. The molecule has 1 aliphatic heterocycles. The van der Waals surface area contributed by atoms with Crippen LogP contribution in [-0.4, -0.2) is 49.1 Å². The molecule has 1 aliphatic rings. The molecule has 0 saturated carbocycles. The van der Waals surface area contributed by atoms with Gasteiger partial charge in [-0.25, -0.2) is 26.6 Å². The summed E-state index contributed by atoms with van der Waals surface area (Å²) in [5.41, 5.74) is 2.11. The fourth-order valence-electron chi connectivity index (χ4n) is 4.13. The lowest BCUT2D eigenvalue weighted by molar-refractivity contribution is -0.122.